The van der Waals surface area contributed by atoms with Crippen molar-refractivity contribution < 1.29 is 9.53 Å². The van der Waals surface area contributed by atoms with Crippen LogP contribution >= 0.6 is 11.9 Å². The first-order valence-electron chi connectivity index (χ1n) is 9.15. The van der Waals surface area contributed by atoms with Gasteiger partial charge in [0.25, 0.3) is 0 Å². The van der Waals surface area contributed by atoms with E-state index in [0.717, 1.165) is 39.3 Å². The van der Waals surface area contributed by atoms with Crippen molar-refractivity contribution in [3.8, 4) is 5.75 Å². The number of aldehydes is 1. The van der Waals surface area contributed by atoms with Crippen molar-refractivity contribution in [1.82, 2.24) is 4.72 Å². The van der Waals surface area contributed by atoms with Crippen molar-refractivity contribution in [2.45, 2.75) is 37.6 Å². The highest BCUT2D eigenvalue weighted by Gasteiger charge is 2.20. The largest absolute Gasteiger partial charge is 0.492 e. The minimum absolute atomic E-state index is 0.682. The van der Waals surface area contributed by atoms with Crippen molar-refractivity contribution in [2.75, 3.05) is 19.0 Å². The van der Waals surface area contributed by atoms with Gasteiger partial charge in [-0.15, -0.1) is 0 Å². The van der Waals surface area contributed by atoms with Gasteiger partial charge in [-0.05, 0) is 68.5 Å². The third-order valence-electron chi connectivity index (χ3n) is 3.96. The van der Waals surface area contributed by atoms with Crippen LogP contribution < -0.4 is 14.8 Å². The van der Waals surface area contributed by atoms with Crippen molar-refractivity contribution >= 4 is 29.5 Å². The minimum Gasteiger partial charge on any atom is -0.492 e. The second-order valence-corrected chi connectivity index (χ2v) is 7.27. The van der Waals surface area contributed by atoms with E-state index in [2.05, 4.69) is 16.6 Å². The van der Waals surface area contributed by atoms with Gasteiger partial charge >= 0.3 is 0 Å². The molecule has 3 rings (SSSR count). The molecule has 1 saturated carbocycles. The molecule has 0 atom stereocenters. The van der Waals surface area contributed by atoms with Crippen LogP contribution in [0.3, 0.4) is 0 Å². The van der Waals surface area contributed by atoms with E-state index in [4.69, 9.17) is 4.74 Å². The summed E-state index contributed by atoms with van der Waals surface area (Å²) in [5.74, 6) is 0.889. The summed E-state index contributed by atoms with van der Waals surface area (Å²) in [7, 11) is 1.89. The van der Waals surface area contributed by atoms with Crippen LogP contribution in [0.25, 0.3) is 5.57 Å². The summed E-state index contributed by atoms with van der Waals surface area (Å²) >= 11 is 1.61. The quantitative estimate of drug-likeness (QED) is 0.470. The number of carbonyl (C=O) groups is 1. The molecular formula is C22H28N2O2S. The van der Waals surface area contributed by atoms with Crippen LogP contribution in [0.4, 0.5) is 5.69 Å². The molecule has 0 aromatic heterocycles. The Labute approximate surface area is 166 Å². The first-order valence-corrected chi connectivity index (χ1v) is 9.97. The zero-order valence-electron chi connectivity index (χ0n) is 16.2. The fraction of sp³-hybridized carbons (Fsp3) is 0.318. The van der Waals surface area contributed by atoms with Crippen LogP contribution in [0.15, 0.2) is 53.9 Å². The molecule has 0 heterocycles. The van der Waals surface area contributed by atoms with Gasteiger partial charge in [-0.25, -0.2) is 0 Å². The van der Waals surface area contributed by atoms with Crippen LogP contribution in [-0.4, -0.2) is 26.0 Å². The van der Waals surface area contributed by atoms with Crippen LogP contribution in [0.2, 0.25) is 0 Å². The molecule has 2 aromatic carbocycles. The van der Waals surface area contributed by atoms with E-state index in [1.165, 1.54) is 12.8 Å². The molecule has 1 aliphatic rings. The average molecular weight is 385 g/mol. The Balaban J connectivity index is 0.000000194. The van der Waals surface area contributed by atoms with E-state index in [0.29, 0.717) is 12.6 Å². The number of carbonyl (C=O) groups excluding carboxylic acids is 1. The Morgan fingerprint density at radius 3 is 2.67 bits per heavy atom. The predicted octanol–water partition coefficient (Wildman–Crippen LogP) is 5.42. The molecule has 0 unspecified atom stereocenters. The normalized spacial score (nSPS) is 12.6. The molecule has 27 heavy (non-hydrogen) atoms. The molecule has 0 bridgehead atoms. The molecule has 2 N–H and O–H groups in total. The van der Waals surface area contributed by atoms with Gasteiger partial charge in [0.05, 0.1) is 12.3 Å². The fourth-order valence-electron chi connectivity index (χ4n) is 2.28. The van der Waals surface area contributed by atoms with Crippen LogP contribution in [0.1, 0.15) is 42.6 Å². The van der Waals surface area contributed by atoms with Gasteiger partial charge in [-0.3, -0.25) is 9.52 Å². The number of hydrogen-bond donors (Lipinski definition) is 2. The maximum atomic E-state index is 10.5. The summed E-state index contributed by atoms with van der Waals surface area (Å²) in [5.41, 5.74) is 3.94. The summed E-state index contributed by atoms with van der Waals surface area (Å²) in [6.07, 6.45) is 3.43. The third kappa shape index (κ3) is 7.12. The molecule has 4 nitrogen and oxygen atoms in total. The molecule has 0 amide bonds. The summed E-state index contributed by atoms with van der Waals surface area (Å²) < 4.78 is 8.80. The van der Waals surface area contributed by atoms with Crippen LogP contribution in [0, 0.1) is 0 Å². The standard InChI is InChI=1S/C12H17NO.C10H11NOS/c1-5-14-12-7-6-10(9(2)3)8-11(12)13-4;12-7-8-2-1-3-10(6-8)13-11-9-4-5-9/h6-8,13H,2,5H2,1,3-4H3;1-3,6-7,9,11H,4-5H2. The Hall–Kier alpha value is -2.24. The smallest absolute Gasteiger partial charge is 0.150 e. The fourth-order valence-corrected chi connectivity index (χ4v) is 3.16. The number of ether oxygens (including phenoxy) is 1. The second-order valence-electron chi connectivity index (χ2n) is 6.36. The van der Waals surface area contributed by atoms with Gasteiger partial charge in [0, 0.05) is 23.5 Å². The number of nitrogens with one attached hydrogen (secondary N) is 2. The van der Waals surface area contributed by atoms with Crippen LogP contribution in [-0.2, 0) is 0 Å². The number of hydrogen-bond acceptors (Lipinski definition) is 5. The molecule has 0 saturated heterocycles. The van der Waals surface area contributed by atoms with Gasteiger partial charge in [-0.2, -0.15) is 0 Å². The second kappa shape index (κ2) is 10.8. The van der Waals surface area contributed by atoms with Gasteiger partial charge < -0.3 is 10.1 Å². The Morgan fingerprint density at radius 2 is 2.07 bits per heavy atom. The molecule has 0 aliphatic heterocycles. The average Bonchev–Trinajstić information content (AvgIpc) is 3.52. The molecule has 5 heteroatoms. The van der Waals surface area contributed by atoms with Crippen molar-refractivity contribution in [3.05, 3.63) is 60.2 Å². The zero-order chi connectivity index (χ0) is 19.6. The monoisotopic (exact) mass is 384 g/mol. The minimum atomic E-state index is 0.682. The van der Waals surface area contributed by atoms with Crippen molar-refractivity contribution in [3.63, 3.8) is 0 Å². The van der Waals surface area contributed by atoms with Crippen molar-refractivity contribution in [1.29, 1.82) is 0 Å². The highest BCUT2D eigenvalue weighted by molar-refractivity contribution is 7.97. The molecule has 1 fully saturated rings. The predicted molar refractivity (Wildman–Crippen MR) is 116 cm³/mol. The number of anilines is 1. The van der Waals surface area contributed by atoms with E-state index >= 15 is 0 Å². The first-order chi connectivity index (χ1) is 13.1. The summed E-state index contributed by atoms with van der Waals surface area (Å²) in [4.78, 5) is 11.6. The van der Waals surface area contributed by atoms with E-state index in [-0.39, 0.29) is 0 Å². The van der Waals surface area contributed by atoms with E-state index in [9.17, 15) is 4.79 Å². The number of allylic oxidation sites excluding steroid dienone is 1. The lowest BCUT2D eigenvalue weighted by Gasteiger charge is -2.11. The zero-order valence-corrected chi connectivity index (χ0v) is 17.1. The summed E-state index contributed by atoms with van der Waals surface area (Å²) in [6, 6.07) is 14.3. The van der Waals surface area contributed by atoms with Gasteiger partial charge in [0.2, 0.25) is 0 Å². The third-order valence-corrected chi connectivity index (χ3v) is 4.90. The maximum absolute atomic E-state index is 10.5. The lowest BCUT2D eigenvalue weighted by molar-refractivity contribution is 0.112. The SMILES string of the molecule is C=C(C)c1ccc(OCC)c(NC)c1.O=Cc1cccc(SNC2CC2)c1. The number of rotatable bonds is 8. The molecular weight excluding hydrogens is 356 g/mol. The van der Waals surface area contributed by atoms with Crippen LogP contribution in [0.5, 0.6) is 5.75 Å². The summed E-state index contributed by atoms with van der Waals surface area (Å²) in [6.45, 7) is 8.56. The highest BCUT2D eigenvalue weighted by atomic mass is 32.2. The molecule has 0 radical (unpaired) electrons. The lowest BCUT2D eigenvalue weighted by Crippen LogP contribution is -2.04. The molecule has 1 aliphatic carbocycles. The molecule has 2 aromatic rings. The van der Waals surface area contributed by atoms with Gasteiger partial charge in [0.15, 0.2) is 0 Å². The summed E-state index contributed by atoms with van der Waals surface area (Å²) in [5, 5.41) is 3.11. The molecule has 144 valence electrons. The van der Waals surface area contributed by atoms with Gasteiger partial charge in [0.1, 0.15) is 12.0 Å². The highest BCUT2D eigenvalue weighted by Crippen LogP contribution is 2.27. The van der Waals surface area contributed by atoms with Crippen molar-refractivity contribution in [2.24, 2.45) is 0 Å². The Bertz CT molecular complexity index is 773. The lowest BCUT2D eigenvalue weighted by atomic mass is 10.1. The number of benzene rings is 2. The Kier molecular flexibility index (Phi) is 8.43. The van der Waals surface area contributed by atoms with E-state index < -0.39 is 0 Å². The maximum Gasteiger partial charge on any atom is 0.150 e. The first kappa shape index (κ1) is 21.1. The van der Waals surface area contributed by atoms with Gasteiger partial charge in [-0.1, -0.05) is 30.4 Å². The Morgan fingerprint density at radius 1 is 1.30 bits per heavy atom. The van der Waals surface area contributed by atoms with E-state index in [1.807, 2.05) is 63.4 Å². The molecule has 0 spiro atoms. The van der Waals surface area contributed by atoms with E-state index in [1.54, 1.807) is 11.9 Å². The topological polar surface area (TPSA) is 50.4 Å².